The summed E-state index contributed by atoms with van der Waals surface area (Å²) in [7, 11) is 0. The van der Waals surface area contributed by atoms with Gasteiger partial charge in [-0.2, -0.15) is 0 Å². The van der Waals surface area contributed by atoms with Crippen LogP contribution in [0.1, 0.15) is 45.2 Å². The molecule has 1 aromatic rings. The summed E-state index contributed by atoms with van der Waals surface area (Å²) >= 11 is 0. The summed E-state index contributed by atoms with van der Waals surface area (Å²) in [5, 5.41) is 3.48. The minimum absolute atomic E-state index is 0.0597. The number of ether oxygens (including phenoxy) is 1. The molecule has 4 nitrogen and oxygen atoms in total. The van der Waals surface area contributed by atoms with Crippen molar-refractivity contribution in [3.05, 3.63) is 29.8 Å². The third kappa shape index (κ3) is 3.47. The van der Waals surface area contributed by atoms with E-state index in [0.29, 0.717) is 6.42 Å². The number of hydrogen-bond donors (Lipinski definition) is 2. The zero-order chi connectivity index (χ0) is 14.0. The van der Waals surface area contributed by atoms with E-state index in [2.05, 4.69) is 25.2 Å². The smallest absolute Gasteiger partial charge is 0.218 e. The second-order valence-corrected chi connectivity index (χ2v) is 5.89. The van der Waals surface area contributed by atoms with Gasteiger partial charge in [0.15, 0.2) is 0 Å². The molecule has 0 saturated heterocycles. The average molecular weight is 262 g/mol. The average Bonchev–Trinajstić information content (AvgIpc) is 2.26. The van der Waals surface area contributed by atoms with E-state index in [0.717, 1.165) is 17.7 Å². The minimum atomic E-state index is -0.278. The summed E-state index contributed by atoms with van der Waals surface area (Å²) in [5.74, 6) is 0.641. The lowest BCUT2D eigenvalue weighted by Gasteiger charge is -2.39. The van der Waals surface area contributed by atoms with E-state index in [-0.39, 0.29) is 23.6 Å². The fraction of sp³-hybridized carbons (Fsp3) is 0.533. The fourth-order valence-corrected chi connectivity index (χ4v) is 2.66. The van der Waals surface area contributed by atoms with Gasteiger partial charge in [-0.15, -0.1) is 0 Å². The van der Waals surface area contributed by atoms with Crippen LogP contribution in [-0.2, 0) is 4.79 Å². The third-order valence-corrected chi connectivity index (χ3v) is 3.37. The van der Waals surface area contributed by atoms with Crippen molar-refractivity contribution in [1.29, 1.82) is 0 Å². The Morgan fingerprint density at radius 3 is 2.89 bits per heavy atom. The molecule has 19 heavy (non-hydrogen) atoms. The fourth-order valence-electron chi connectivity index (χ4n) is 2.66. The zero-order valence-electron chi connectivity index (χ0n) is 11.8. The topological polar surface area (TPSA) is 64.4 Å². The monoisotopic (exact) mass is 262 g/mol. The molecule has 0 bridgehead atoms. The predicted octanol–water partition coefficient (Wildman–Crippen LogP) is 2.14. The zero-order valence-corrected chi connectivity index (χ0v) is 11.8. The number of nitrogens with two attached hydrogens (primary N) is 1. The normalized spacial score (nSPS) is 22.2. The summed E-state index contributed by atoms with van der Waals surface area (Å²) in [4.78, 5) is 11.0. The van der Waals surface area contributed by atoms with Gasteiger partial charge < -0.3 is 15.8 Å². The molecule has 104 valence electrons. The number of amides is 1. The number of carbonyl (C=O) groups excluding carboxylic acids is 1. The van der Waals surface area contributed by atoms with E-state index in [1.54, 1.807) is 0 Å². The SMILES string of the molecule is CC(CC(N)=O)NC1CC(C)(C)Oc2ccccc21. The molecule has 0 spiro atoms. The molecule has 0 aliphatic carbocycles. The van der Waals surface area contributed by atoms with Crippen LogP contribution >= 0.6 is 0 Å². The van der Waals surface area contributed by atoms with Gasteiger partial charge >= 0.3 is 0 Å². The molecule has 0 saturated carbocycles. The predicted molar refractivity (Wildman–Crippen MR) is 74.9 cm³/mol. The maximum Gasteiger partial charge on any atom is 0.218 e. The first-order valence-corrected chi connectivity index (χ1v) is 6.70. The number of hydrogen-bond acceptors (Lipinski definition) is 3. The van der Waals surface area contributed by atoms with E-state index in [9.17, 15) is 4.79 Å². The van der Waals surface area contributed by atoms with Gasteiger partial charge in [-0.1, -0.05) is 18.2 Å². The van der Waals surface area contributed by atoms with Gasteiger partial charge in [0.2, 0.25) is 5.91 Å². The summed E-state index contributed by atoms with van der Waals surface area (Å²) in [5.41, 5.74) is 6.18. The molecule has 0 radical (unpaired) electrons. The highest BCUT2D eigenvalue weighted by molar-refractivity contribution is 5.74. The van der Waals surface area contributed by atoms with Gasteiger partial charge in [0.05, 0.1) is 0 Å². The van der Waals surface area contributed by atoms with E-state index < -0.39 is 0 Å². The van der Waals surface area contributed by atoms with Crippen LogP contribution in [0, 0.1) is 0 Å². The standard InChI is InChI=1S/C15H22N2O2/c1-10(8-14(16)18)17-12-9-15(2,3)19-13-7-5-4-6-11(12)13/h4-7,10,12,17H,8-9H2,1-3H3,(H2,16,18). The number of primary amides is 1. The lowest BCUT2D eigenvalue weighted by Crippen LogP contribution is -2.42. The minimum Gasteiger partial charge on any atom is -0.487 e. The van der Waals surface area contributed by atoms with Crippen LogP contribution in [0.5, 0.6) is 5.75 Å². The van der Waals surface area contributed by atoms with Crippen molar-refractivity contribution in [2.45, 2.75) is 51.3 Å². The van der Waals surface area contributed by atoms with Crippen LogP contribution in [-0.4, -0.2) is 17.6 Å². The first kappa shape index (κ1) is 13.9. The largest absolute Gasteiger partial charge is 0.487 e. The van der Waals surface area contributed by atoms with Gasteiger partial charge in [0.25, 0.3) is 0 Å². The molecule has 1 aliphatic rings. The summed E-state index contributed by atoms with van der Waals surface area (Å²) in [6, 6.07) is 8.29. The Hall–Kier alpha value is -1.55. The number of para-hydroxylation sites is 1. The summed E-state index contributed by atoms with van der Waals surface area (Å²) < 4.78 is 5.98. The van der Waals surface area contributed by atoms with E-state index in [1.165, 1.54) is 0 Å². The number of nitrogens with one attached hydrogen (secondary N) is 1. The van der Waals surface area contributed by atoms with Crippen LogP contribution in [0.3, 0.4) is 0 Å². The first-order valence-electron chi connectivity index (χ1n) is 6.70. The van der Waals surface area contributed by atoms with E-state index in [4.69, 9.17) is 10.5 Å². The Kier molecular flexibility index (Phi) is 3.80. The molecular formula is C15H22N2O2. The van der Waals surface area contributed by atoms with Crippen molar-refractivity contribution >= 4 is 5.91 Å². The van der Waals surface area contributed by atoms with Gasteiger partial charge in [0, 0.05) is 30.5 Å². The lowest BCUT2D eigenvalue weighted by atomic mass is 9.89. The number of fused-ring (bicyclic) bond motifs is 1. The molecule has 1 aliphatic heterocycles. The number of rotatable bonds is 4. The molecule has 4 heteroatoms. The number of carbonyl (C=O) groups is 1. The van der Waals surface area contributed by atoms with Crippen LogP contribution in [0.4, 0.5) is 0 Å². The maximum atomic E-state index is 11.0. The second kappa shape index (κ2) is 5.21. The van der Waals surface area contributed by atoms with Crippen molar-refractivity contribution in [3.8, 4) is 5.75 Å². The van der Waals surface area contributed by atoms with Crippen LogP contribution < -0.4 is 15.8 Å². The Bertz CT molecular complexity index is 471. The molecule has 1 heterocycles. The molecule has 0 aromatic heterocycles. The Morgan fingerprint density at radius 1 is 1.53 bits per heavy atom. The van der Waals surface area contributed by atoms with Crippen molar-refractivity contribution in [2.75, 3.05) is 0 Å². The highest BCUT2D eigenvalue weighted by Gasteiger charge is 2.33. The Labute approximate surface area is 114 Å². The highest BCUT2D eigenvalue weighted by Crippen LogP contribution is 2.39. The highest BCUT2D eigenvalue weighted by atomic mass is 16.5. The van der Waals surface area contributed by atoms with Crippen LogP contribution in [0.25, 0.3) is 0 Å². The van der Waals surface area contributed by atoms with Crippen molar-refractivity contribution in [3.63, 3.8) is 0 Å². The molecular weight excluding hydrogens is 240 g/mol. The van der Waals surface area contributed by atoms with Crippen LogP contribution in [0.2, 0.25) is 0 Å². The molecule has 0 fully saturated rings. The third-order valence-electron chi connectivity index (χ3n) is 3.37. The number of benzene rings is 1. The van der Waals surface area contributed by atoms with E-state index >= 15 is 0 Å². The maximum absolute atomic E-state index is 11.0. The van der Waals surface area contributed by atoms with Crippen molar-refractivity contribution < 1.29 is 9.53 Å². The molecule has 2 atom stereocenters. The van der Waals surface area contributed by atoms with Gasteiger partial charge in [-0.3, -0.25) is 4.79 Å². The summed E-state index contributed by atoms with van der Waals surface area (Å²) in [6.07, 6.45) is 1.22. The molecule has 1 aromatic carbocycles. The molecule has 3 N–H and O–H groups in total. The Balaban J connectivity index is 2.18. The van der Waals surface area contributed by atoms with Gasteiger partial charge in [-0.05, 0) is 26.8 Å². The van der Waals surface area contributed by atoms with Crippen molar-refractivity contribution in [1.82, 2.24) is 5.32 Å². The first-order chi connectivity index (χ1) is 8.87. The quantitative estimate of drug-likeness (QED) is 0.873. The van der Waals surface area contributed by atoms with Gasteiger partial charge in [0.1, 0.15) is 11.4 Å². The van der Waals surface area contributed by atoms with Gasteiger partial charge in [-0.25, -0.2) is 0 Å². The van der Waals surface area contributed by atoms with Crippen LogP contribution in [0.15, 0.2) is 24.3 Å². The summed E-state index contributed by atoms with van der Waals surface area (Å²) in [6.45, 7) is 6.14. The Morgan fingerprint density at radius 2 is 2.21 bits per heavy atom. The second-order valence-electron chi connectivity index (χ2n) is 5.89. The molecule has 1 amide bonds. The molecule has 2 rings (SSSR count). The lowest BCUT2D eigenvalue weighted by molar-refractivity contribution is -0.118. The van der Waals surface area contributed by atoms with Crippen molar-refractivity contribution in [2.24, 2.45) is 5.73 Å². The molecule has 2 unspecified atom stereocenters. The van der Waals surface area contributed by atoms with E-state index in [1.807, 2.05) is 25.1 Å².